The molecule has 2 aromatic carbocycles. The zero-order valence-corrected chi connectivity index (χ0v) is 15.0. The number of aliphatic imine (C=N–C) groups is 1. The second kappa shape index (κ2) is 7.85. The summed E-state index contributed by atoms with van der Waals surface area (Å²) in [4.78, 5) is 42.0. The van der Waals surface area contributed by atoms with Crippen molar-refractivity contribution >= 4 is 23.4 Å². The van der Waals surface area contributed by atoms with Crippen molar-refractivity contribution in [1.29, 1.82) is 5.26 Å². The average molecular weight is 388 g/mol. The fourth-order valence-corrected chi connectivity index (χ4v) is 3.51. The Morgan fingerprint density at radius 2 is 1.38 bits per heavy atom. The molecular weight excluding hydrogens is 372 g/mol. The molecule has 0 saturated heterocycles. The molecule has 0 fully saturated rings. The van der Waals surface area contributed by atoms with Crippen LogP contribution in [-0.2, 0) is 19.8 Å². The number of amides is 3. The first-order chi connectivity index (χ1) is 14.0. The highest BCUT2D eigenvalue weighted by Crippen LogP contribution is 2.44. The van der Waals surface area contributed by atoms with Gasteiger partial charge in [-0.3, -0.25) is 25.2 Å². The van der Waals surface area contributed by atoms with E-state index in [9.17, 15) is 19.6 Å². The molecule has 29 heavy (non-hydrogen) atoms. The summed E-state index contributed by atoms with van der Waals surface area (Å²) in [5.41, 5.74) is 1.92. The molecule has 2 aromatic rings. The fourth-order valence-electron chi connectivity index (χ4n) is 3.51. The Morgan fingerprint density at radius 3 is 1.79 bits per heavy atom. The number of hydrazine groups is 2. The summed E-state index contributed by atoms with van der Waals surface area (Å²) in [6.07, 6.45) is 0. The predicted molar refractivity (Wildman–Crippen MR) is 103 cm³/mol. The van der Waals surface area contributed by atoms with E-state index in [4.69, 9.17) is 11.7 Å². The lowest BCUT2D eigenvalue weighted by atomic mass is 9.63. The first-order valence-corrected chi connectivity index (χ1v) is 8.43. The van der Waals surface area contributed by atoms with Gasteiger partial charge in [-0.05, 0) is 11.1 Å². The Labute approximate surface area is 165 Å². The molecule has 0 aromatic heterocycles. The van der Waals surface area contributed by atoms with Crippen molar-refractivity contribution in [2.75, 3.05) is 0 Å². The van der Waals surface area contributed by atoms with Gasteiger partial charge in [0.25, 0.3) is 17.7 Å². The van der Waals surface area contributed by atoms with Crippen molar-refractivity contribution in [3.8, 4) is 6.07 Å². The Balaban J connectivity index is 2.58. The van der Waals surface area contributed by atoms with Crippen molar-refractivity contribution in [3.63, 3.8) is 0 Å². The molecule has 0 radical (unpaired) electrons. The summed E-state index contributed by atoms with van der Waals surface area (Å²) in [7, 11) is 0. The Bertz CT molecular complexity index is 1040. The SMILES string of the molecule is N#CC1=C(C(=O)NN)C(c2ccccc2)(c2ccccc2)C(C(=O)NN)=NC1=O. The van der Waals surface area contributed by atoms with E-state index in [0.29, 0.717) is 11.1 Å². The van der Waals surface area contributed by atoms with Crippen LogP contribution >= 0.6 is 0 Å². The van der Waals surface area contributed by atoms with Crippen LogP contribution in [0.1, 0.15) is 11.1 Å². The highest BCUT2D eigenvalue weighted by molar-refractivity contribution is 6.48. The molecule has 0 spiro atoms. The highest BCUT2D eigenvalue weighted by atomic mass is 16.2. The lowest BCUT2D eigenvalue weighted by Gasteiger charge is -2.38. The van der Waals surface area contributed by atoms with Crippen LogP contribution < -0.4 is 22.5 Å². The van der Waals surface area contributed by atoms with E-state index in [-0.39, 0.29) is 11.3 Å². The maximum Gasteiger partial charge on any atom is 0.288 e. The summed E-state index contributed by atoms with van der Waals surface area (Å²) in [6, 6.07) is 18.6. The van der Waals surface area contributed by atoms with Gasteiger partial charge in [-0.1, -0.05) is 60.7 Å². The summed E-state index contributed by atoms with van der Waals surface area (Å²) in [5.74, 6) is 7.90. The molecule has 1 aliphatic rings. The van der Waals surface area contributed by atoms with Crippen molar-refractivity contribution in [1.82, 2.24) is 10.9 Å². The van der Waals surface area contributed by atoms with Gasteiger partial charge in [0.2, 0.25) is 0 Å². The lowest BCUT2D eigenvalue weighted by Crippen LogP contribution is -2.55. The molecule has 6 N–H and O–H groups in total. The Hall–Kier alpha value is -4.13. The lowest BCUT2D eigenvalue weighted by molar-refractivity contribution is -0.120. The third-order valence-corrected chi connectivity index (χ3v) is 4.64. The van der Waals surface area contributed by atoms with Crippen molar-refractivity contribution in [2.45, 2.75) is 5.41 Å². The van der Waals surface area contributed by atoms with Crippen molar-refractivity contribution < 1.29 is 14.4 Å². The van der Waals surface area contributed by atoms with Crippen molar-refractivity contribution in [3.05, 3.63) is 82.9 Å². The zero-order valence-electron chi connectivity index (χ0n) is 15.0. The van der Waals surface area contributed by atoms with Crippen LogP contribution in [0.2, 0.25) is 0 Å². The summed E-state index contributed by atoms with van der Waals surface area (Å²) in [6.45, 7) is 0. The third kappa shape index (κ3) is 2.98. The number of nitriles is 1. The van der Waals surface area contributed by atoms with Crippen LogP contribution in [0.15, 0.2) is 76.8 Å². The molecule has 0 bridgehead atoms. The monoisotopic (exact) mass is 388 g/mol. The van der Waals surface area contributed by atoms with Crippen LogP contribution in [-0.4, -0.2) is 23.4 Å². The minimum atomic E-state index is -1.70. The third-order valence-electron chi connectivity index (χ3n) is 4.64. The van der Waals surface area contributed by atoms with Gasteiger partial charge in [-0.2, -0.15) is 5.26 Å². The van der Waals surface area contributed by atoms with E-state index in [1.54, 1.807) is 66.7 Å². The first kappa shape index (κ1) is 19.6. The smallest absolute Gasteiger partial charge is 0.288 e. The van der Waals surface area contributed by atoms with E-state index in [0.717, 1.165) is 0 Å². The van der Waals surface area contributed by atoms with Crippen LogP contribution in [0.4, 0.5) is 0 Å². The zero-order chi connectivity index (χ0) is 21.0. The number of dihydropyridines is 1. The van der Waals surface area contributed by atoms with E-state index < -0.39 is 28.7 Å². The molecule has 0 atom stereocenters. The van der Waals surface area contributed by atoms with Crippen LogP contribution in [0.3, 0.4) is 0 Å². The van der Waals surface area contributed by atoms with Gasteiger partial charge in [0.1, 0.15) is 22.8 Å². The van der Waals surface area contributed by atoms with Gasteiger partial charge in [0.05, 0.1) is 5.57 Å². The van der Waals surface area contributed by atoms with Gasteiger partial charge in [-0.15, -0.1) is 0 Å². The van der Waals surface area contributed by atoms with Crippen molar-refractivity contribution in [2.24, 2.45) is 16.7 Å². The normalized spacial score (nSPS) is 15.2. The number of carbonyl (C=O) groups excluding carboxylic acids is 3. The number of carbonyl (C=O) groups is 3. The second-order valence-electron chi connectivity index (χ2n) is 6.06. The van der Waals surface area contributed by atoms with Crippen LogP contribution in [0, 0.1) is 11.3 Å². The molecule has 9 nitrogen and oxygen atoms in total. The molecule has 3 amide bonds. The molecule has 144 valence electrons. The molecule has 1 heterocycles. The number of nitrogens with zero attached hydrogens (tertiary/aromatic N) is 2. The van der Waals surface area contributed by atoms with Crippen LogP contribution in [0.25, 0.3) is 0 Å². The van der Waals surface area contributed by atoms with Gasteiger partial charge in [0.15, 0.2) is 0 Å². The van der Waals surface area contributed by atoms with Gasteiger partial charge >= 0.3 is 0 Å². The summed E-state index contributed by atoms with van der Waals surface area (Å²) >= 11 is 0. The van der Waals surface area contributed by atoms with E-state index in [2.05, 4.69) is 4.99 Å². The number of hydrogen-bond donors (Lipinski definition) is 4. The minimum absolute atomic E-state index is 0.307. The van der Waals surface area contributed by atoms with Gasteiger partial charge < -0.3 is 0 Å². The van der Waals surface area contributed by atoms with E-state index in [1.165, 1.54) is 0 Å². The number of hydrogen-bond acceptors (Lipinski definition) is 6. The maximum absolute atomic E-state index is 12.9. The van der Waals surface area contributed by atoms with E-state index in [1.807, 2.05) is 10.9 Å². The quantitative estimate of drug-likeness (QED) is 0.321. The maximum atomic E-state index is 12.9. The number of benzene rings is 2. The number of nitrogens with one attached hydrogen (secondary N) is 2. The molecule has 9 heteroatoms. The largest absolute Gasteiger partial charge is 0.290 e. The summed E-state index contributed by atoms with van der Waals surface area (Å²) < 4.78 is 0. The molecule has 0 aliphatic carbocycles. The van der Waals surface area contributed by atoms with E-state index >= 15 is 0 Å². The van der Waals surface area contributed by atoms with Crippen LogP contribution in [0.5, 0.6) is 0 Å². The molecule has 0 saturated carbocycles. The van der Waals surface area contributed by atoms with Gasteiger partial charge in [-0.25, -0.2) is 16.7 Å². The first-order valence-electron chi connectivity index (χ1n) is 8.43. The second-order valence-corrected chi connectivity index (χ2v) is 6.06. The summed E-state index contributed by atoms with van der Waals surface area (Å²) in [5, 5.41) is 9.64. The molecule has 3 rings (SSSR count). The molecule has 0 unspecified atom stereocenters. The number of rotatable bonds is 4. The number of nitrogens with two attached hydrogens (primary N) is 2. The standard InChI is InChI=1S/C20H16N6O3/c21-11-14-15(18(28)25-22)20(12-7-3-1-4-8-12,13-9-5-2-6-10-13)16(19(29)26-23)24-17(14)27/h1-10H,22-23H2,(H,25,28)(H,26,29). The molecular formula is C20H16N6O3. The minimum Gasteiger partial charge on any atom is -0.290 e. The highest BCUT2D eigenvalue weighted by Gasteiger charge is 2.53. The predicted octanol–water partition coefficient (Wildman–Crippen LogP) is -0.246. The molecule has 1 aliphatic heterocycles. The van der Waals surface area contributed by atoms with Gasteiger partial charge in [0, 0.05) is 0 Å². The topological polar surface area (TPSA) is 163 Å². The fraction of sp³-hybridized carbons (Fsp3) is 0.0500. The Morgan fingerprint density at radius 1 is 0.897 bits per heavy atom. The Kier molecular flexibility index (Phi) is 5.32. The average Bonchev–Trinajstić information content (AvgIpc) is 2.78.